The molecule has 2 aromatic heterocycles. The summed E-state index contributed by atoms with van der Waals surface area (Å²) in [6, 6.07) is 58.4. The van der Waals surface area contributed by atoms with Crippen molar-refractivity contribution < 1.29 is 0 Å². The van der Waals surface area contributed by atoms with Gasteiger partial charge >= 0.3 is 286 Å². The molecule has 0 fully saturated rings. The zero-order valence-corrected chi connectivity index (χ0v) is 27.9. The van der Waals surface area contributed by atoms with Gasteiger partial charge in [-0.05, 0) is 0 Å². The van der Waals surface area contributed by atoms with Crippen molar-refractivity contribution in [3.63, 3.8) is 0 Å². The molecule has 48 heavy (non-hydrogen) atoms. The van der Waals surface area contributed by atoms with E-state index in [4.69, 9.17) is 15.0 Å². The molecule has 4 nitrogen and oxygen atoms in total. The second-order valence-electron chi connectivity index (χ2n) is 12.0. The van der Waals surface area contributed by atoms with E-state index in [1.165, 1.54) is 50.8 Å². The van der Waals surface area contributed by atoms with Crippen molar-refractivity contribution in [1.29, 1.82) is 0 Å². The van der Waals surface area contributed by atoms with Gasteiger partial charge in [-0.2, -0.15) is 0 Å². The van der Waals surface area contributed by atoms with Crippen molar-refractivity contribution in [2.24, 2.45) is 0 Å². The van der Waals surface area contributed by atoms with Gasteiger partial charge in [-0.3, -0.25) is 0 Å². The van der Waals surface area contributed by atoms with Crippen molar-refractivity contribution in [2.75, 3.05) is 0 Å². The number of hydrogen-bond donors (Lipinski definition) is 0. The molecule has 10 rings (SSSR count). The number of fused-ring (bicyclic) bond motifs is 8. The molecule has 0 spiro atoms. The van der Waals surface area contributed by atoms with E-state index in [-0.39, 0.29) is 0 Å². The average Bonchev–Trinajstić information content (AvgIpc) is 3.67. The summed E-state index contributed by atoms with van der Waals surface area (Å²) in [5.41, 5.74) is 8.18. The topological polar surface area (TPSA) is 43.6 Å². The molecule has 0 bridgehead atoms. The minimum absolute atomic E-state index is 0.719. The van der Waals surface area contributed by atoms with E-state index in [9.17, 15) is 0 Å². The zero-order chi connectivity index (χ0) is 31.6. The first-order chi connectivity index (χ1) is 23.8. The van der Waals surface area contributed by atoms with Gasteiger partial charge < -0.3 is 0 Å². The molecule has 7 aromatic carbocycles. The van der Waals surface area contributed by atoms with Crippen LogP contribution >= 0.6 is 19.8 Å². The van der Waals surface area contributed by atoms with E-state index in [1.54, 1.807) is 0 Å². The van der Waals surface area contributed by atoms with E-state index in [0.717, 1.165) is 32.3 Å². The predicted octanol–water partition coefficient (Wildman–Crippen LogP) is 10.9. The molecule has 0 N–H and O–H groups in total. The normalized spacial score (nSPS) is 12.9. The Morgan fingerprint density at radius 3 is 1.79 bits per heavy atom. The van der Waals surface area contributed by atoms with Gasteiger partial charge in [-0.1, -0.05) is 0 Å². The Morgan fingerprint density at radius 1 is 0.438 bits per heavy atom. The summed E-state index contributed by atoms with van der Waals surface area (Å²) >= 11 is -2.41. The summed E-state index contributed by atoms with van der Waals surface area (Å²) in [7, 11) is 0. The second kappa shape index (κ2) is 11.0. The third-order valence-electron chi connectivity index (χ3n) is 9.16. The van der Waals surface area contributed by atoms with Crippen molar-refractivity contribution >= 4 is 52.4 Å². The van der Waals surface area contributed by atoms with Gasteiger partial charge in [0.2, 0.25) is 0 Å². The number of nitrogens with zero attached hydrogens (tertiary/aromatic N) is 4. The van der Waals surface area contributed by atoms with Crippen molar-refractivity contribution in [1.82, 2.24) is 19.5 Å². The molecule has 1 aliphatic heterocycles. The Balaban J connectivity index is 1.28. The zero-order valence-electron chi connectivity index (χ0n) is 25.8. The first-order valence-electron chi connectivity index (χ1n) is 16.0. The summed E-state index contributed by atoms with van der Waals surface area (Å²) in [5.74, 6) is 1.44. The molecule has 0 aliphatic carbocycles. The third-order valence-corrected chi connectivity index (χ3v) is 14.9. The number of aromatic nitrogens is 4. The fourth-order valence-electron chi connectivity index (χ4n) is 7.01. The van der Waals surface area contributed by atoms with Crippen molar-refractivity contribution in [3.8, 4) is 39.6 Å². The molecule has 0 saturated heterocycles. The number of halogens is 1. The minimum atomic E-state index is -2.41. The molecule has 0 amide bonds. The average molecular weight is 727 g/mol. The number of para-hydroxylation sites is 2. The van der Waals surface area contributed by atoms with Crippen molar-refractivity contribution in [3.05, 3.63) is 175 Å². The molecule has 0 radical (unpaired) electrons. The van der Waals surface area contributed by atoms with E-state index >= 15 is 0 Å². The number of rotatable bonds is 4. The molecule has 3 heterocycles. The summed E-state index contributed by atoms with van der Waals surface area (Å²) < 4.78 is 6.09. The van der Waals surface area contributed by atoms with Gasteiger partial charge in [-0.15, -0.1) is 0 Å². The van der Waals surface area contributed by atoms with Crippen LogP contribution in [0.1, 0.15) is 0 Å². The van der Waals surface area contributed by atoms with Crippen LogP contribution in [0.25, 0.3) is 72.2 Å². The van der Waals surface area contributed by atoms with Crippen molar-refractivity contribution in [2.45, 2.75) is 0 Å². The van der Waals surface area contributed by atoms with Crippen LogP contribution < -0.4 is 0 Å². The predicted molar refractivity (Wildman–Crippen MR) is 205 cm³/mol. The van der Waals surface area contributed by atoms with Crippen LogP contribution in [0.5, 0.6) is 0 Å². The molecule has 9 aromatic rings. The number of hydrogen-bond acceptors (Lipinski definition) is 3. The molecular weight excluding hydrogens is 699 g/mol. The van der Waals surface area contributed by atoms with Crippen LogP contribution in [-0.4, -0.2) is 19.5 Å². The van der Waals surface area contributed by atoms with E-state index in [1.807, 2.05) is 36.4 Å². The first-order valence-corrected chi connectivity index (χ1v) is 19.3. The molecule has 0 unspecified atom stereocenters. The van der Waals surface area contributed by atoms with Crippen LogP contribution in [0.3, 0.4) is 0 Å². The maximum absolute atomic E-state index is 5.32. The second-order valence-corrected chi connectivity index (χ2v) is 16.8. The fraction of sp³-hybridized carbons (Fsp3) is 0. The third kappa shape index (κ3) is 4.24. The molecule has 0 saturated carbocycles. The molecule has 1 aliphatic rings. The van der Waals surface area contributed by atoms with Gasteiger partial charge in [0.15, 0.2) is 0 Å². The van der Waals surface area contributed by atoms with Gasteiger partial charge in [0, 0.05) is 0 Å². The Hall–Kier alpha value is -5.66. The Morgan fingerprint density at radius 2 is 1.06 bits per heavy atom. The monoisotopic (exact) mass is 726 g/mol. The van der Waals surface area contributed by atoms with E-state index in [0.29, 0.717) is 0 Å². The van der Waals surface area contributed by atoms with Crippen LogP contribution in [0, 0.1) is 11.0 Å². The van der Waals surface area contributed by atoms with Crippen LogP contribution in [0.15, 0.2) is 164 Å². The molecule has 0 atom stereocenters. The molecular formula is C43H27IN4. The van der Waals surface area contributed by atoms with Crippen LogP contribution in [-0.2, 0) is 0 Å². The van der Waals surface area contributed by atoms with Crippen LogP contribution in [0.4, 0.5) is 0 Å². The Bertz CT molecular complexity index is 2610. The SMILES string of the molecule is c1ccc(-c2nc(-c3ccccc3)nc(I3c4ccccc4-c4ccc5cc6c(cc5c43)c3ccccc3n6-c3ccccc3)n2)cc1. The van der Waals surface area contributed by atoms with Gasteiger partial charge in [-0.25, -0.2) is 0 Å². The van der Waals surface area contributed by atoms with E-state index in [2.05, 4.69) is 132 Å². The Kier molecular flexibility index (Phi) is 6.27. The van der Waals surface area contributed by atoms with E-state index < -0.39 is 19.8 Å². The summed E-state index contributed by atoms with van der Waals surface area (Å²) in [5, 5.41) is 5.04. The van der Waals surface area contributed by atoms with Gasteiger partial charge in [0.1, 0.15) is 0 Å². The Labute approximate surface area is 284 Å². The number of benzene rings is 7. The molecule has 5 heteroatoms. The van der Waals surface area contributed by atoms with Crippen LogP contribution in [0.2, 0.25) is 0 Å². The fourth-order valence-corrected chi connectivity index (χ4v) is 13.2. The molecule has 226 valence electrons. The first kappa shape index (κ1) is 27.5. The summed E-state index contributed by atoms with van der Waals surface area (Å²) in [6.45, 7) is 0. The standard InChI is InChI=1S/C43H27IN4/c1-4-14-28(15-5-1)41-45-42(29-16-6-2-7-17-29)47-43(46-41)44-37-22-12-10-20-32(37)34-25-24-30-26-39-36(27-35(30)40(34)44)33-21-11-13-23-38(33)48(39)31-18-8-3-9-19-31/h1-27H. The summed E-state index contributed by atoms with van der Waals surface area (Å²) in [4.78, 5) is 15.7. The summed E-state index contributed by atoms with van der Waals surface area (Å²) in [6.07, 6.45) is 0. The van der Waals surface area contributed by atoms with Gasteiger partial charge in [0.05, 0.1) is 0 Å². The van der Waals surface area contributed by atoms with Gasteiger partial charge in [0.25, 0.3) is 0 Å². The quantitative estimate of drug-likeness (QED) is 0.170. The maximum atomic E-state index is 5.32.